The zero-order valence-corrected chi connectivity index (χ0v) is 15.0. The van der Waals surface area contributed by atoms with E-state index in [9.17, 15) is 18.4 Å². The second-order valence-electron chi connectivity index (χ2n) is 5.75. The van der Waals surface area contributed by atoms with Crippen LogP contribution in [-0.2, 0) is 11.2 Å². The van der Waals surface area contributed by atoms with Gasteiger partial charge in [-0.1, -0.05) is 0 Å². The number of anilines is 1. The summed E-state index contributed by atoms with van der Waals surface area (Å²) in [6.45, 7) is 1.53. The molecule has 0 unspecified atom stereocenters. The van der Waals surface area contributed by atoms with Gasteiger partial charge in [-0.15, -0.1) is 11.3 Å². The van der Waals surface area contributed by atoms with Crippen molar-refractivity contribution in [1.82, 2.24) is 10.3 Å². The van der Waals surface area contributed by atoms with E-state index >= 15 is 0 Å². The van der Waals surface area contributed by atoms with E-state index in [4.69, 9.17) is 4.42 Å². The normalized spacial score (nSPS) is 11.8. The molecule has 0 radical (unpaired) electrons. The van der Waals surface area contributed by atoms with E-state index in [1.54, 1.807) is 6.07 Å². The number of furan rings is 1. The summed E-state index contributed by atoms with van der Waals surface area (Å²) in [7, 11) is 0. The molecule has 6 nitrogen and oxygen atoms in total. The molecule has 1 aromatic carbocycles. The van der Waals surface area contributed by atoms with Crippen LogP contribution < -0.4 is 10.6 Å². The number of hydrogen-bond donors (Lipinski definition) is 2. The maximum atomic E-state index is 13.3. The fourth-order valence-electron chi connectivity index (χ4n) is 2.32. The molecule has 0 aliphatic heterocycles. The number of rotatable bonds is 6. The molecule has 3 aromatic rings. The van der Waals surface area contributed by atoms with Crippen molar-refractivity contribution in [3.63, 3.8) is 0 Å². The average molecular weight is 391 g/mol. The fourth-order valence-corrected chi connectivity index (χ4v) is 3.17. The smallest absolute Gasteiger partial charge is 0.287 e. The van der Waals surface area contributed by atoms with E-state index in [2.05, 4.69) is 15.6 Å². The third kappa shape index (κ3) is 4.98. The number of nitrogens with zero attached hydrogens (tertiary/aromatic N) is 1. The SMILES string of the molecule is C[C@@H](NC(=O)c1ccco1)C(=O)Nc1ncc(Cc2cc(F)cc(F)c2)s1. The monoisotopic (exact) mass is 391 g/mol. The quantitative estimate of drug-likeness (QED) is 0.675. The molecule has 0 aliphatic carbocycles. The van der Waals surface area contributed by atoms with E-state index in [1.807, 2.05) is 0 Å². The minimum atomic E-state index is -0.813. The Bertz CT molecular complexity index is 936. The van der Waals surface area contributed by atoms with Crippen LogP contribution in [-0.4, -0.2) is 22.8 Å². The minimum absolute atomic E-state index is 0.105. The summed E-state index contributed by atoms with van der Waals surface area (Å²) >= 11 is 1.18. The third-order valence-electron chi connectivity index (χ3n) is 3.57. The van der Waals surface area contributed by atoms with E-state index in [1.165, 1.54) is 48.9 Å². The van der Waals surface area contributed by atoms with Crippen molar-refractivity contribution in [2.24, 2.45) is 0 Å². The highest BCUT2D eigenvalue weighted by molar-refractivity contribution is 7.15. The first-order chi connectivity index (χ1) is 12.9. The summed E-state index contributed by atoms with van der Waals surface area (Å²) in [5.41, 5.74) is 0.466. The van der Waals surface area contributed by atoms with Crippen molar-refractivity contribution in [3.05, 3.63) is 70.6 Å². The molecule has 0 saturated heterocycles. The molecule has 140 valence electrons. The maximum Gasteiger partial charge on any atom is 0.287 e. The highest BCUT2D eigenvalue weighted by Crippen LogP contribution is 2.22. The van der Waals surface area contributed by atoms with Crippen LogP contribution >= 0.6 is 11.3 Å². The number of hydrogen-bond acceptors (Lipinski definition) is 5. The molecule has 2 N–H and O–H groups in total. The van der Waals surface area contributed by atoms with Gasteiger partial charge in [0, 0.05) is 23.6 Å². The molecule has 0 saturated carbocycles. The van der Waals surface area contributed by atoms with Gasteiger partial charge in [-0.2, -0.15) is 0 Å². The van der Waals surface area contributed by atoms with Gasteiger partial charge in [-0.05, 0) is 36.8 Å². The Morgan fingerprint density at radius 2 is 2.00 bits per heavy atom. The average Bonchev–Trinajstić information content (AvgIpc) is 3.26. The Morgan fingerprint density at radius 3 is 2.67 bits per heavy atom. The third-order valence-corrected chi connectivity index (χ3v) is 4.48. The van der Waals surface area contributed by atoms with Crippen molar-refractivity contribution in [1.29, 1.82) is 0 Å². The van der Waals surface area contributed by atoms with Gasteiger partial charge >= 0.3 is 0 Å². The van der Waals surface area contributed by atoms with Crippen LogP contribution in [0.15, 0.2) is 47.2 Å². The van der Waals surface area contributed by atoms with Gasteiger partial charge in [0.1, 0.15) is 17.7 Å². The molecule has 0 bridgehead atoms. The molecule has 0 aliphatic rings. The minimum Gasteiger partial charge on any atom is -0.459 e. The summed E-state index contributed by atoms with van der Waals surface area (Å²) in [4.78, 5) is 28.9. The van der Waals surface area contributed by atoms with Crippen molar-refractivity contribution >= 4 is 28.3 Å². The van der Waals surface area contributed by atoms with Gasteiger partial charge < -0.3 is 15.1 Å². The molecule has 3 rings (SSSR count). The van der Waals surface area contributed by atoms with Gasteiger partial charge in [0.2, 0.25) is 5.91 Å². The summed E-state index contributed by atoms with van der Waals surface area (Å²) in [5, 5.41) is 5.43. The lowest BCUT2D eigenvalue weighted by Gasteiger charge is -2.11. The molecule has 2 amide bonds. The number of benzene rings is 1. The van der Waals surface area contributed by atoms with Crippen LogP contribution in [0.5, 0.6) is 0 Å². The van der Waals surface area contributed by atoms with Crippen molar-refractivity contribution in [3.8, 4) is 0 Å². The highest BCUT2D eigenvalue weighted by Gasteiger charge is 2.19. The highest BCUT2D eigenvalue weighted by atomic mass is 32.1. The predicted molar refractivity (Wildman–Crippen MR) is 95.5 cm³/mol. The number of thiazole rings is 1. The van der Waals surface area contributed by atoms with Gasteiger partial charge in [0.15, 0.2) is 10.9 Å². The van der Waals surface area contributed by atoms with Crippen LogP contribution in [0.3, 0.4) is 0 Å². The first-order valence-corrected chi connectivity index (χ1v) is 8.77. The summed E-state index contributed by atoms with van der Waals surface area (Å²) in [5.74, 6) is -2.15. The number of aromatic nitrogens is 1. The van der Waals surface area contributed by atoms with E-state index in [0.29, 0.717) is 10.7 Å². The predicted octanol–water partition coefficient (Wildman–Crippen LogP) is 3.36. The molecule has 1 atom stereocenters. The summed E-state index contributed by atoms with van der Waals surface area (Å²) in [6, 6.07) is 5.54. The van der Waals surface area contributed by atoms with Crippen LogP contribution in [0.1, 0.15) is 27.9 Å². The molecule has 9 heteroatoms. The Labute approximate surface area is 157 Å². The Kier molecular flexibility index (Phi) is 5.60. The van der Waals surface area contributed by atoms with Gasteiger partial charge in [0.25, 0.3) is 5.91 Å². The van der Waals surface area contributed by atoms with Crippen molar-refractivity contribution in [2.45, 2.75) is 19.4 Å². The van der Waals surface area contributed by atoms with Crippen molar-refractivity contribution < 1.29 is 22.8 Å². The van der Waals surface area contributed by atoms with Gasteiger partial charge in [-0.3, -0.25) is 9.59 Å². The van der Waals surface area contributed by atoms with Gasteiger partial charge in [-0.25, -0.2) is 13.8 Å². The topological polar surface area (TPSA) is 84.2 Å². The number of carbonyl (C=O) groups excluding carboxylic acids is 2. The molecular weight excluding hydrogens is 376 g/mol. The lowest BCUT2D eigenvalue weighted by atomic mass is 10.1. The molecule has 2 aromatic heterocycles. The zero-order chi connectivity index (χ0) is 19.4. The Morgan fingerprint density at radius 1 is 1.26 bits per heavy atom. The van der Waals surface area contributed by atoms with Crippen LogP contribution in [0.2, 0.25) is 0 Å². The lowest BCUT2D eigenvalue weighted by Crippen LogP contribution is -2.41. The van der Waals surface area contributed by atoms with E-state index in [-0.39, 0.29) is 12.2 Å². The van der Waals surface area contributed by atoms with E-state index in [0.717, 1.165) is 10.9 Å². The molecular formula is C18H15F2N3O3S. The second kappa shape index (κ2) is 8.09. The molecule has 0 fully saturated rings. The molecule has 0 spiro atoms. The summed E-state index contributed by atoms with van der Waals surface area (Å²) < 4.78 is 31.5. The van der Waals surface area contributed by atoms with Crippen molar-refractivity contribution in [2.75, 3.05) is 5.32 Å². The Balaban J connectivity index is 1.58. The first-order valence-electron chi connectivity index (χ1n) is 7.95. The summed E-state index contributed by atoms with van der Waals surface area (Å²) in [6.07, 6.45) is 3.17. The fraction of sp³-hybridized carbons (Fsp3) is 0.167. The number of halogens is 2. The maximum absolute atomic E-state index is 13.3. The Hall–Kier alpha value is -3.07. The number of carbonyl (C=O) groups is 2. The molecule has 27 heavy (non-hydrogen) atoms. The standard InChI is InChI=1S/C18H15F2N3O3S/c1-10(22-17(25)15-3-2-4-26-15)16(24)23-18-21-9-14(27-18)7-11-5-12(19)8-13(20)6-11/h2-6,8-10H,7H2,1H3,(H,22,25)(H,21,23,24)/t10-/m1/s1. The van der Waals surface area contributed by atoms with Crippen LogP contribution in [0.4, 0.5) is 13.9 Å². The first kappa shape index (κ1) is 18.7. The largest absolute Gasteiger partial charge is 0.459 e. The number of nitrogens with one attached hydrogen (secondary N) is 2. The van der Waals surface area contributed by atoms with Crippen LogP contribution in [0, 0.1) is 11.6 Å². The van der Waals surface area contributed by atoms with Gasteiger partial charge in [0.05, 0.1) is 6.26 Å². The van der Waals surface area contributed by atoms with Crippen LogP contribution in [0.25, 0.3) is 0 Å². The lowest BCUT2D eigenvalue weighted by molar-refractivity contribution is -0.117. The second-order valence-corrected chi connectivity index (χ2v) is 6.86. The van der Waals surface area contributed by atoms with E-state index < -0.39 is 29.5 Å². The molecule has 2 heterocycles. The zero-order valence-electron chi connectivity index (χ0n) is 14.2. The number of amides is 2.